The molecule has 0 radical (unpaired) electrons. The Bertz CT molecular complexity index is 399. The molecule has 7 heteroatoms. The monoisotopic (exact) mass is 272 g/mol. The summed E-state index contributed by atoms with van der Waals surface area (Å²) in [4.78, 5) is 26.2. The molecule has 1 heterocycles. The fourth-order valence-corrected chi connectivity index (χ4v) is 2.17. The molecular weight excluding hydrogens is 256 g/mol. The highest BCUT2D eigenvalue weighted by atomic mass is 32.1. The summed E-state index contributed by atoms with van der Waals surface area (Å²) in [6.45, 7) is 5.20. The zero-order valence-electron chi connectivity index (χ0n) is 10.4. The largest absolute Gasteiger partial charge is 0.476 e. The maximum absolute atomic E-state index is 11.3. The molecule has 18 heavy (non-hydrogen) atoms. The first-order valence-corrected chi connectivity index (χ1v) is 6.44. The number of aromatic carboxylic acids is 1. The smallest absolute Gasteiger partial charge is 0.356 e. The first-order valence-electron chi connectivity index (χ1n) is 5.63. The van der Waals surface area contributed by atoms with Gasteiger partial charge in [0.05, 0.1) is 0 Å². The van der Waals surface area contributed by atoms with Crippen LogP contribution in [0.2, 0.25) is 0 Å². The molecule has 0 spiro atoms. The van der Waals surface area contributed by atoms with Gasteiger partial charge in [-0.05, 0) is 13.3 Å². The molecule has 0 bridgehead atoms. The third kappa shape index (κ3) is 4.08. The highest BCUT2D eigenvalue weighted by Crippen LogP contribution is 2.23. The lowest BCUT2D eigenvalue weighted by molar-refractivity contribution is 0.0687. The van der Waals surface area contributed by atoms with Gasteiger partial charge >= 0.3 is 5.97 Å². The Morgan fingerprint density at radius 1 is 1.50 bits per heavy atom. The number of thiazole rings is 1. The van der Waals surface area contributed by atoms with E-state index < -0.39 is 5.97 Å². The van der Waals surface area contributed by atoms with Crippen LogP contribution in [0, 0.1) is 0 Å². The normalized spacial score (nSPS) is 10.3. The standard InChI is InChI=1S/C11H16N2O4S/c1-3-17-6-4-5-12-11-13-8(10(15)16)9(18-11)7(2)14/h3-6H2,1-2H3,(H,12,13)(H,15,16). The van der Waals surface area contributed by atoms with E-state index in [0.29, 0.717) is 24.9 Å². The molecule has 0 unspecified atom stereocenters. The maximum atomic E-state index is 11.3. The second kappa shape index (κ2) is 7.07. The van der Waals surface area contributed by atoms with Gasteiger partial charge in [-0.25, -0.2) is 9.78 Å². The van der Waals surface area contributed by atoms with Crippen LogP contribution in [0.25, 0.3) is 0 Å². The molecule has 0 saturated heterocycles. The van der Waals surface area contributed by atoms with Gasteiger partial charge in [0.1, 0.15) is 4.88 Å². The Labute approximate surface area is 109 Å². The van der Waals surface area contributed by atoms with E-state index in [-0.39, 0.29) is 16.4 Å². The fourth-order valence-electron chi connectivity index (χ4n) is 1.29. The van der Waals surface area contributed by atoms with Gasteiger partial charge in [0.25, 0.3) is 0 Å². The van der Waals surface area contributed by atoms with Crippen LogP contribution in [0.3, 0.4) is 0 Å². The number of nitrogens with one attached hydrogen (secondary N) is 1. The van der Waals surface area contributed by atoms with Crippen LogP contribution in [0.1, 0.15) is 40.4 Å². The van der Waals surface area contributed by atoms with Crippen LogP contribution in [0.4, 0.5) is 5.13 Å². The summed E-state index contributed by atoms with van der Waals surface area (Å²) in [5.74, 6) is -1.47. The first kappa shape index (κ1) is 14.6. The van der Waals surface area contributed by atoms with Crippen molar-refractivity contribution in [1.29, 1.82) is 0 Å². The number of ether oxygens (including phenoxy) is 1. The average Bonchev–Trinajstić information content (AvgIpc) is 2.73. The number of aromatic nitrogens is 1. The quantitative estimate of drug-likeness (QED) is 0.555. The summed E-state index contributed by atoms with van der Waals surface area (Å²) >= 11 is 1.07. The summed E-state index contributed by atoms with van der Waals surface area (Å²) in [6, 6.07) is 0. The highest BCUT2D eigenvalue weighted by molar-refractivity contribution is 7.17. The van der Waals surface area contributed by atoms with Crippen molar-refractivity contribution in [3.63, 3.8) is 0 Å². The topological polar surface area (TPSA) is 88.5 Å². The zero-order valence-corrected chi connectivity index (χ0v) is 11.2. The maximum Gasteiger partial charge on any atom is 0.356 e. The molecule has 100 valence electrons. The number of rotatable bonds is 8. The van der Waals surface area contributed by atoms with Gasteiger partial charge in [-0.2, -0.15) is 0 Å². The minimum atomic E-state index is -1.18. The van der Waals surface area contributed by atoms with Crippen LogP contribution in [-0.4, -0.2) is 41.6 Å². The molecule has 0 aliphatic rings. The Hall–Kier alpha value is -1.47. The van der Waals surface area contributed by atoms with Gasteiger partial charge in [0.2, 0.25) is 0 Å². The van der Waals surface area contributed by atoms with Crippen molar-refractivity contribution in [3.8, 4) is 0 Å². The molecule has 1 aromatic rings. The summed E-state index contributed by atoms with van der Waals surface area (Å²) in [5.41, 5.74) is -0.181. The predicted octanol–water partition coefficient (Wildman–Crippen LogP) is 1.88. The minimum Gasteiger partial charge on any atom is -0.476 e. The molecule has 0 amide bonds. The molecular formula is C11H16N2O4S. The molecule has 0 saturated carbocycles. The number of hydrogen-bond donors (Lipinski definition) is 2. The van der Waals surface area contributed by atoms with E-state index in [4.69, 9.17) is 9.84 Å². The molecule has 0 fully saturated rings. The van der Waals surface area contributed by atoms with E-state index in [2.05, 4.69) is 10.3 Å². The van der Waals surface area contributed by atoms with E-state index in [1.807, 2.05) is 6.92 Å². The number of carboxylic acid groups (broad SMARTS) is 1. The zero-order chi connectivity index (χ0) is 13.5. The van der Waals surface area contributed by atoms with Gasteiger partial charge in [-0.15, -0.1) is 0 Å². The Morgan fingerprint density at radius 3 is 2.72 bits per heavy atom. The molecule has 0 aliphatic carbocycles. The number of anilines is 1. The molecule has 0 aromatic carbocycles. The number of Topliss-reactive ketones (excluding diaryl/α,β-unsaturated/α-hetero) is 1. The second-order valence-electron chi connectivity index (χ2n) is 3.54. The lowest BCUT2D eigenvalue weighted by atomic mass is 10.3. The van der Waals surface area contributed by atoms with E-state index in [0.717, 1.165) is 17.8 Å². The summed E-state index contributed by atoms with van der Waals surface area (Å²) < 4.78 is 5.17. The van der Waals surface area contributed by atoms with Crippen molar-refractivity contribution in [1.82, 2.24) is 4.98 Å². The minimum absolute atomic E-state index is 0.176. The van der Waals surface area contributed by atoms with E-state index in [1.165, 1.54) is 6.92 Å². The summed E-state index contributed by atoms with van der Waals surface area (Å²) in [6.07, 6.45) is 0.797. The van der Waals surface area contributed by atoms with E-state index in [9.17, 15) is 9.59 Å². The number of carboxylic acids is 1. The molecule has 6 nitrogen and oxygen atoms in total. The lowest BCUT2D eigenvalue weighted by Crippen LogP contribution is -2.06. The lowest BCUT2D eigenvalue weighted by Gasteiger charge is -2.02. The summed E-state index contributed by atoms with van der Waals surface area (Å²) in [5, 5.41) is 12.4. The Kier molecular flexibility index (Phi) is 5.73. The fraction of sp³-hybridized carbons (Fsp3) is 0.545. The predicted molar refractivity (Wildman–Crippen MR) is 68.7 cm³/mol. The van der Waals surface area contributed by atoms with Gasteiger partial charge in [-0.1, -0.05) is 11.3 Å². The molecule has 1 rings (SSSR count). The molecule has 0 atom stereocenters. The third-order valence-electron chi connectivity index (χ3n) is 2.10. The van der Waals surface area contributed by atoms with Crippen molar-refractivity contribution >= 4 is 28.2 Å². The van der Waals surface area contributed by atoms with Crippen LogP contribution >= 0.6 is 11.3 Å². The van der Waals surface area contributed by atoms with Gasteiger partial charge in [0, 0.05) is 26.7 Å². The number of ketones is 1. The number of carbonyl (C=O) groups is 2. The van der Waals surface area contributed by atoms with Crippen LogP contribution in [0.5, 0.6) is 0 Å². The van der Waals surface area contributed by atoms with Crippen LogP contribution < -0.4 is 5.32 Å². The van der Waals surface area contributed by atoms with Gasteiger partial charge in [-0.3, -0.25) is 4.79 Å². The van der Waals surface area contributed by atoms with E-state index in [1.54, 1.807) is 0 Å². The number of hydrogen-bond acceptors (Lipinski definition) is 6. The second-order valence-corrected chi connectivity index (χ2v) is 4.53. The molecule has 1 aromatic heterocycles. The van der Waals surface area contributed by atoms with Crippen molar-refractivity contribution in [3.05, 3.63) is 10.6 Å². The van der Waals surface area contributed by atoms with Crippen molar-refractivity contribution in [2.45, 2.75) is 20.3 Å². The number of nitrogens with zero attached hydrogens (tertiary/aromatic N) is 1. The van der Waals surface area contributed by atoms with Crippen molar-refractivity contribution < 1.29 is 19.4 Å². The average molecular weight is 272 g/mol. The van der Waals surface area contributed by atoms with E-state index >= 15 is 0 Å². The molecule has 2 N–H and O–H groups in total. The highest BCUT2D eigenvalue weighted by Gasteiger charge is 2.20. The SMILES string of the molecule is CCOCCCNc1nc(C(=O)O)c(C(C)=O)s1. The molecule has 0 aliphatic heterocycles. The Balaban J connectivity index is 2.59. The van der Waals surface area contributed by atoms with Gasteiger partial charge < -0.3 is 15.2 Å². The third-order valence-corrected chi connectivity index (χ3v) is 3.21. The summed E-state index contributed by atoms with van der Waals surface area (Å²) in [7, 11) is 0. The van der Waals surface area contributed by atoms with Crippen molar-refractivity contribution in [2.24, 2.45) is 0 Å². The van der Waals surface area contributed by atoms with Crippen LogP contribution in [-0.2, 0) is 4.74 Å². The van der Waals surface area contributed by atoms with Gasteiger partial charge in [0.15, 0.2) is 16.6 Å². The first-order chi connectivity index (χ1) is 8.56. The Morgan fingerprint density at radius 2 is 2.22 bits per heavy atom. The number of carbonyl (C=O) groups excluding carboxylic acids is 1. The van der Waals surface area contributed by atoms with Crippen molar-refractivity contribution in [2.75, 3.05) is 25.1 Å². The van der Waals surface area contributed by atoms with Crippen LogP contribution in [0.15, 0.2) is 0 Å².